The van der Waals surface area contributed by atoms with E-state index in [9.17, 15) is 8.78 Å². The van der Waals surface area contributed by atoms with Gasteiger partial charge < -0.3 is 0 Å². The standard InChI is InChI=1S/C7H6F2.C2H6/c1-5-2-3-6(8)7(9)4-5;1-2/h2-4H,1H3;1-2H3. The first kappa shape index (κ1) is 10.1. The lowest BCUT2D eigenvalue weighted by molar-refractivity contribution is 0.508. The van der Waals surface area contributed by atoms with E-state index in [4.69, 9.17) is 0 Å². The van der Waals surface area contributed by atoms with Crippen molar-refractivity contribution in [1.29, 1.82) is 0 Å². The van der Waals surface area contributed by atoms with Gasteiger partial charge in [0.15, 0.2) is 11.6 Å². The van der Waals surface area contributed by atoms with Crippen LogP contribution in [0.1, 0.15) is 19.4 Å². The van der Waals surface area contributed by atoms with Crippen molar-refractivity contribution >= 4 is 0 Å². The van der Waals surface area contributed by atoms with Gasteiger partial charge >= 0.3 is 0 Å². The average molecular weight is 158 g/mol. The molecule has 11 heavy (non-hydrogen) atoms. The van der Waals surface area contributed by atoms with Crippen molar-refractivity contribution in [3.05, 3.63) is 35.4 Å². The fourth-order valence-corrected chi connectivity index (χ4v) is 0.601. The molecule has 1 rings (SSSR count). The summed E-state index contributed by atoms with van der Waals surface area (Å²) < 4.78 is 24.3. The Morgan fingerprint density at radius 3 is 1.91 bits per heavy atom. The van der Waals surface area contributed by atoms with Crippen LogP contribution in [0.5, 0.6) is 0 Å². The molecule has 0 amide bonds. The van der Waals surface area contributed by atoms with E-state index < -0.39 is 11.6 Å². The SMILES string of the molecule is CC.Cc1ccc(F)c(F)c1. The molecule has 1 aromatic rings. The number of benzene rings is 1. The molecule has 0 saturated heterocycles. The van der Waals surface area contributed by atoms with E-state index in [2.05, 4.69) is 0 Å². The Kier molecular flexibility index (Phi) is 4.42. The monoisotopic (exact) mass is 158 g/mol. The molecule has 0 unspecified atom stereocenters. The highest BCUT2D eigenvalue weighted by Gasteiger charge is 1.97. The lowest BCUT2D eigenvalue weighted by Gasteiger charge is -1.91. The van der Waals surface area contributed by atoms with Crippen LogP contribution < -0.4 is 0 Å². The second-order valence-corrected chi connectivity index (χ2v) is 1.92. The molecule has 0 spiro atoms. The molecule has 0 atom stereocenters. The topological polar surface area (TPSA) is 0 Å². The predicted octanol–water partition coefficient (Wildman–Crippen LogP) is 3.30. The van der Waals surface area contributed by atoms with E-state index in [0.717, 1.165) is 17.7 Å². The first-order valence-electron chi connectivity index (χ1n) is 3.62. The molecule has 0 aliphatic rings. The Labute approximate surface area is 65.9 Å². The minimum absolute atomic E-state index is 0.730. The van der Waals surface area contributed by atoms with Gasteiger partial charge in [0.05, 0.1) is 0 Å². The lowest BCUT2D eigenvalue weighted by atomic mass is 10.2. The molecule has 0 aliphatic heterocycles. The molecule has 0 fully saturated rings. The van der Waals surface area contributed by atoms with Crippen LogP contribution in [0, 0.1) is 18.6 Å². The third kappa shape index (κ3) is 3.12. The van der Waals surface area contributed by atoms with E-state index in [0.29, 0.717) is 0 Å². The maximum atomic E-state index is 12.2. The third-order valence-corrected chi connectivity index (χ3v) is 1.08. The van der Waals surface area contributed by atoms with Crippen LogP contribution in [0.3, 0.4) is 0 Å². The normalized spacial score (nSPS) is 8.45. The van der Waals surface area contributed by atoms with Gasteiger partial charge in [-0.25, -0.2) is 8.78 Å². The zero-order valence-corrected chi connectivity index (χ0v) is 6.99. The fourth-order valence-electron chi connectivity index (χ4n) is 0.601. The van der Waals surface area contributed by atoms with Crippen LogP contribution in [-0.4, -0.2) is 0 Å². The van der Waals surface area contributed by atoms with Crippen molar-refractivity contribution in [3.8, 4) is 0 Å². The van der Waals surface area contributed by atoms with Crippen LogP contribution in [-0.2, 0) is 0 Å². The number of hydrogen-bond acceptors (Lipinski definition) is 0. The van der Waals surface area contributed by atoms with Crippen molar-refractivity contribution in [2.45, 2.75) is 20.8 Å². The smallest absolute Gasteiger partial charge is 0.159 e. The number of rotatable bonds is 0. The molecular weight excluding hydrogens is 146 g/mol. The summed E-state index contributed by atoms with van der Waals surface area (Å²) in [5, 5.41) is 0. The molecule has 0 aromatic heterocycles. The van der Waals surface area contributed by atoms with E-state index in [-0.39, 0.29) is 0 Å². The third-order valence-electron chi connectivity index (χ3n) is 1.08. The van der Waals surface area contributed by atoms with Crippen molar-refractivity contribution in [2.24, 2.45) is 0 Å². The number of hydrogen-bond donors (Lipinski definition) is 0. The second-order valence-electron chi connectivity index (χ2n) is 1.92. The van der Waals surface area contributed by atoms with Crippen LogP contribution >= 0.6 is 0 Å². The van der Waals surface area contributed by atoms with Crippen molar-refractivity contribution in [1.82, 2.24) is 0 Å². The number of aryl methyl sites for hydroxylation is 1. The van der Waals surface area contributed by atoms with E-state index >= 15 is 0 Å². The van der Waals surface area contributed by atoms with Crippen LogP contribution in [0.2, 0.25) is 0 Å². The quantitative estimate of drug-likeness (QED) is 0.543. The van der Waals surface area contributed by atoms with E-state index in [1.807, 2.05) is 13.8 Å². The second kappa shape index (κ2) is 4.83. The maximum Gasteiger partial charge on any atom is 0.159 e. The summed E-state index contributed by atoms with van der Waals surface area (Å²) >= 11 is 0. The largest absolute Gasteiger partial charge is 0.204 e. The number of halogens is 2. The van der Waals surface area contributed by atoms with Gasteiger partial charge in [0.2, 0.25) is 0 Å². The Balaban J connectivity index is 0.000000461. The Hall–Kier alpha value is -0.920. The van der Waals surface area contributed by atoms with Gasteiger partial charge in [-0.15, -0.1) is 0 Å². The molecule has 1 aromatic carbocycles. The Morgan fingerprint density at radius 1 is 1.00 bits per heavy atom. The highest BCUT2D eigenvalue weighted by atomic mass is 19.2. The van der Waals surface area contributed by atoms with E-state index in [1.54, 1.807) is 6.92 Å². The van der Waals surface area contributed by atoms with Gasteiger partial charge in [0.1, 0.15) is 0 Å². The van der Waals surface area contributed by atoms with Crippen LogP contribution in [0.4, 0.5) is 8.78 Å². The van der Waals surface area contributed by atoms with Gasteiger partial charge in [-0.05, 0) is 24.6 Å². The molecule has 0 N–H and O–H groups in total. The summed E-state index contributed by atoms with van der Waals surface area (Å²) in [6.45, 7) is 5.71. The summed E-state index contributed by atoms with van der Waals surface area (Å²) in [4.78, 5) is 0. The predicted molar refractivity (Wildman–Crippen MR) is 42.4 cm³/mol. The van der Waals surface area contributed by atoms with Crippen LogP contribution in [0.25, 0.3) is 0 Å². The molecule has 0 heterocycles. The van der Waals surface area contributed by atoms with E-state index in [1.165, 1.54) is 6.07 Å². The van der Waals surface area contributed by atoms with Crippen molar-refractivity contribution in [2.75, 3.05) is 0 Å². The molecule has 0 bridgehead atoms. The van der Waals surface area contributed by atoms with Gasteiger partial charge in [-0.1, -0.05) is 19.9 Å². The first-order valence-corrected chi connectivity index (χ1v) is 3.62. The minimum Gasteiger partial charge on any atom is -0.204 e. The molecule has 0 nitrogen and oxygen atoms in total. The van der Waals surface area contributed by atoms with Crippen molar-refractivity contribution < 1.29 is 8.78 Å². The minimum atomic E-state index is -0.791. The first-order chi connectivity index (χ1) is 5.20. The highest BCUT2D eigenvalue weighted by molar-refractivity contribution is 5.15. The summed E-state index contributed by atoms with van der Waals surface area (Å²) in [6.07, 6.45) is 0. The molecular formula is C9H12F2. The molecule has 0 saturated carbocycles. The van der Waals surface area contributed by atoms with Gasteiger partial charge in [0, 0.05) is 0 Å². The molecule has 0 radical (unpaired) electrons. The summed E-state index contributed by atoms with van der Waals surface area (Å²) in [5.41, 5.74) is 0.730. The molecule has 62 valence electrons. The summed E-state index contributed by atoms with van der Waals surface area (Å²) in [5.74, 6) is -1.57. The maximum absolute atomic E-state index is 12.2. The lowest BCUT2D eigenvalue weighted by Crippen LogP contribution is -1.82. The fraction of sp³-hybridized carbons (Fsp3) is 0.333. The highest BCUT2D eigenvalue weighted by Crippen LogP contribution is 2.06. The zero-order valence-electron chi connectivity index (χ0n) is 6.99. The van der Waals surface area contributed by atoms with Crippen molar-refractivity contribution in [3.63, 3.8) is 0 Å². The molecule has 0 aliphatic carbocycles. The Morgan fingerprint density at radius 2 is 1.55 bits per heavy atom. The van der Waals surface area contributed by atoms with Gasteiger partial charge in [0.25, 0.3) is 0 Å². The zero-order chi connectivity index (χ0) is 8.85. The van der Waals surface area contributed by atoms with Gasteiger partial charge in [-0.2, -0.15) is 0 Å². The van der Waals surface area contributed by atoms with Crippen LogP contribution in [0.15, 0.2) is 18.2 Å². The Bertz CT molecular complexity index is 219. The molecule has 2 heteroatoms. The van der Waals surface area contributed by atoms with Gasteiger partial charge in [-0.3, -0.25) is 0 Å². The summed E-state index contributed by atoms with van der Waals surface area (Å²) in [7, 11) is 0. The summed E-state index contributed by atoms with van der Waals surface area (Å²) in [6, 6.07) is 3.80. The average Bonchev–Trinajstić information content (AvgIpc) is 2.02.